The van der Waals surface area contributed by atoms with E-state index in [-0.39, 0.29) is 0 Å². The number of benzene rings is 9. The molecule has 4 heterocycles. The van der Waals surface area contributed by atoms with E-state index in [4.69, 9.17) is 9.97 Å². The molecule has 13 aromatic rings. The van der Waals surface area contributed by atoms with Crippen LogP contribution in [0.15, 0.2) is 182 Å². The number of rotatable bonds is 3. The molecule has 0 N–H and O–H groups in total. The lowest BCUT2D eigenvalue weighted by molar-refractivity contribution is 1.02. The van der Waals surface area contributed by atoms with Gasteiger partial charge in [0.25, 0.3) is 0 Å². The molecule has 0 fully saturated rings. The van der Waals surface area contributed by atoms with Crippen LogP contribution in [0.5, 0.6) is 0 Å². The molecule has 0 atom stereocenters. The average molecular weight is 743 g/mol. The van der Waals surface area contributed by atoms with E-state index in [0.29, 0.717) is 5.95 Å². The van der Waals surface area contributed by atoms with Crippen molar-refractivity contribution in [3.63, 3.8) is 0 Å². The van der Waals surface area contributed by atoms with Crippen LogP contribution >= 0.6 is 11.3 Å². The minimum absolute atomic E-state index is 0.659. The number of thiophene rings is 1. The first-order valence-corrected chi connectivity index (χ1v) is 20.2. The van der Waals surface area contributed by atoms with Gasteiger partial charge >= 0.3 is 0 Å². The molecule has 0 saturated carbocycles. The van der Waals surface area contributed by atoms with Crippen LogP contribution in [0.4, 0.5) is 0 Å². The predicted molar refractivity (Wildman–Crippen MR) is 242 cm³/mol. The standard InChI is InChI=1S/C52H30N4S/c1-2-16-36(17-3-1)55-42-28-24-32-13-6-8-18-37(32)45(42)40-26-27-41-46-38-19-9-7-14-33(38)25-29-43(46)56(50(41)49(40)55)52-53-47(35-23-22-31-12-4-5-15-34(31)30-35)51-48(54-52)39-20-10-11-21-44(39)57-51/h1-30H. The fourth-order valence-corrected chi connectivity index (χ4v) is 10.6. The molecule has 13 rings (SSSR count). The van der Waals surface area contributed by atoms with Crippen molar-refractivity contribution in [3.05, 3.63) is 182 Å². The Balaban J connectivity index is 1.27. The van der Waals surface area contributed by atoms with Crippen molar-refractivity contribution in [2.45, 2.75) is 0 Å². The zero-order valence-electron chi connectivity index (χ0n) is 30.5. The quantitative estimate of drug-likeness (QED) is 0.181. The van der Waals surface area contributed by atoms with E-state index in [9.17, 15) is 0 Å². The van der Waals surface area contributed by atoms with E-state index in [1.165, 1.54) is 64.1 Å². The summed E-state index contributed by atoms with van der Waals surface area (Å²) in [6.45, 7) is 0. The molecule has 264 valence electrons. The van der Waals surface area contributed by atoms with Gasteiger partial charge in [-0.25, -0.2) is 9.97 Å². The zero-order valence-corrected chi connectivity index (χ0v) is 31.3. The summed E-state index contributed by atoms with van der Waals surface area (Å²) < 4.78 is 7.11. The van der Waals surface area contributed by atoms with Crippen LogP contribution in [0.25, 0.3) is 119 Å². The van der Waals surface area contributed by atoms with E-state index in [1.54, 1.807) is 11.3 Å². The minimum Gasteiger partial charge on any atom is -0.307 e. The van der Waals surface area contributed by atoms with Gasteiger partial charge < -0.3 is 4.57 Å². The van der Waals surface area contributed by atoms with Crippen molar-refractivity contribution in [1.29, 1.82) is 0 Å². The molecule has 5 heteroatoms. The molecule has 0 amide bonds. The highest BCUT2D eigenvalue weighted by Gasteiger charge is 2.26. The van der Waals surface area contributed by atoms with E-state index < -0.39 is 0 Å². The lowest BCUT2D eigenvalue weighted by atomic mass is 10.0. The third-order valence-electron chi connectivity index (χ3n) is 11.9. The Morgan fingerprint density at radius 3 is 1.68 bits per heavy atom. The van der Waals surface area contributed by atoms with E-state index >= 15 is 0 Å². The Bertz CT molecular complexity index is 3810. The average Bonchev–Trinajstić information content (AvgIpc) is 3.94. The smallest absolute Gasteiger partial charge is 0.235 e. The van der Waals surface area contributed by atoms with Crippen LogP contribution in [0.2, 0.25) is 0 Å². The van der Waals surface area contributed by atoms with Gasteiger partial charge in [-0.05, 0) is 68.7 Å². The lowest BCUT2D eigenvalue weighted by Crippen LogP contribution is -2.04. The van der Waals surface area contributed by atoms with Gasteiger partial charge in [0, 0.05) is 42.9 Å². The largest absolute Gasteiger partial charge is 0.307 e. The minimum atomic E-state index is 0.659. The van der Waals surface area contributed by atoms with Gasteiger partial charge in [0.05, 0.1) is 38.0 Å². The summed E-state index contributed by atoms with van der Waals surface area (Å²) in [7, 11) is 0. The number of nitrogens with zero attached hydrogens (tertiary/aromatic N) is 4. The Kier molecular flexibility index (Phi) is 6.29. The van der Waals surface area contributed by atoms with Crippen LogP contribution < -0.4 is 0 Å². The van der Waals surface area contributed by atoms with Crippen molar-refractivity contribution in [2.75, 3.05) is 0 Å². The SMILES string of the molecule is c1ccc(-n2c3ccc4ccccc4c3c3ccc4c5c6ccccc6ccc5n(-c5nc(-c6ccc7ccccc7c6)c6sc7ccccc7c6n5)c4c32)cc1. The second-order valence-electron chi connectivity index (χ2n) is 14.9. The molecule has 9 aromatic carbocycles. The molecule has 0 aliphatic heterocycles. The van der Waals surface area contributed by atoms with Gasteiger partial charge in [-0.15, -0.1) is 11.3 Å². The Hall–Kier alpha value is -7.34. The molecule has 0 radical (unpaired) electrons. The highest BCUT2D eigenvalue weighted by atomic mass is 32.1. The molecule has 0 aliphatic rings. The highest BCUT2D eigenvalue weighted by Crippen LogP contribution is 2.46. The number of hydrogen-bond acceptors (Lipinski definition) is 3. The van der Waals surface area contributed by atoms with Gasteiger partial charge in [-0.1, -0.05) is 146 Å². The van der Waals surface area contributed by atoms with E-state index in [1.807, 2.05) is 0 Å². The van der Waals surface area contributed by atoms with Gasteiger partial charge in [0.1, 0.15) is 0 Å². The maximum Gasteiger partial charge on any atom is 0.235 e. The van der Waals surface area contributed by atoms with E-state index in [2.05, 4.69) is 191 Å². The Labute approximate surface area is 330 Å². The normalized spacial score (nSPS) is 12.2. The van der Waals surface area contributed by atoms with Crippen molar-refractivity contribution in [3.8, 4) is 22.9 Å². The number of hydrogen-bond donors (Lipinski definition) is 0. The summed E-state index contributed by atoms with van der Waals surface area (Å²) >= 11 is 1.77. The first-order valence-electron chi connectivity index (χ1n) is 19.3. The molecule has 0 unspecified atom stereocenters. The number of aromatic nitrogens is 4. The first kappa shape index (κ1) is 30.9. The van der Waals surface area contributed by atoms with Crippen molar-refractivity contribution in [2.24, 2.45) is 0 Å². The van der Waals surface area contributed by atoms with E-state index in [0.717, 1.165) is 49.1 Å². The number of para-hydroxylation sites is 1. The monoisotopic (exact) mass is 742 g/mol. The zero-order chi connectivity index (χ0) is 37.2. The fourth-order valence-electron chi connectivity index (χ4n) is 9.40. The van der Waals surface area contributed by atoms with Crippen molar-refractivity contribution in [1.82, 2.24) is 19.1 Å². The van der Waals surface area contributed by atoms with Crippen molar-refractivity contribution >= 4 is 108 Å². The molecule has 0 spiro atoms. The third-order valence-corrected chi connectivity index (χ3v) is 13.0. The molecule has 0 bridgehead atoms. The second-order valence-corrected chi connectivity index (χ2v) is 16.0. The summed E-state index contributed by atoms with van der Waals surface area (Å²) in [6, 6.07) is 65.9. The maximum atomic E-state index is 5.66. The number of fused-ring (bicyclic) bond motifs is 15. The van der Waals surface area contributed by atoms with Crippen LogP contribution in [0.3, 0.4) is 0 Å². The first-order chi connectivity index (χ1) is 28.3. The molecule has 57 heavy (non-hydrogen) atoms. The second kappa shape index (κ2) is 11.6. The maximum absolute atomic E-state index is 5.66. The topological polar surface area (TPSA) is 35.6 Å². The molecular weight excluding hydrogens is 713 g/mol. The molecule has 4 aromatic heterocycles. The van der Waals surface area contributed by atoms with Crippen LogP contribution in [0, 0.1) is 0 Å². The predicted octanol–water partition coefficient (Wildman–Crippen LogP) is 14.2. The highest BCUT2D eigenvalue weighted by molar-refractivity contribution is 7.26. The molecule has 0 saturated heterocycles. The summed E-state index contributed by atoms with van der Waals surface area (Å²) in [5.41, 5.74) is 8.58. The summed E-state index contributed by atoms with van der Waals surface area (Å²) in [4.78, 5) is 11.3. The summed E-state index contributed by atoms with van der Waals surface area (Å²) in [5, 5.41) is 13.2. The van der Waals surface area contributed by atoms with Gasteiger partial charge in [-0.2, -0.15) is 0 Å². The third kappa shape index (κ3) is 4.32. The van der Waals surface area contributed by atoms with Crippen LogP contribution in [-0.2, 0) is 0 Å². The Morgan fingerprint density at radius 1 is 0.404 bits per heavy atom. The van der Waals surface area contributed by atoms with Gasteiger partial charge in [-0.3, -0.25) is 4.57 Å². The molecule has 4 nitrogen and oxygen atoms in total. The molecule has 0 aliphatic carbocycles. The lowest BCUT2D eigenvalue weighted by Gasteiger charge is -2.13. The summed E-state index contributed by atoms with van der Waals surface area (Å²) in [5.74, 6) is 0.659. The van der Waals surface area contributed by atoms with Crippen LogP contribution in [-0.4, -0.2) is 19.1 Å². The Morgan fingerprint density at radius 2 is 0.965 bits per heavy atom. The fraction of sp³-hybridized carbons (Fsp3) is 0. The van der Waals surface area contributed by atoms with Gasteiger partial charge in [0.2, 0.25) is 5.95 Å². The van der Waals surface area contributed by atoms with Crippen LogP contribution in [0.1, 0.15) is 0 Å². The summed E-state index contributed by atoms with van der Waals surface area (Å²) in [6.07, 6.45) is 0. The van der Waals surface area contributed by atoms with Gasteiger partial charge in [0.15, 0.2) is 0 Å². The molecular formula is C52H30N4S. The van der Waals surface area contributed by atoms with Crippen molar-refractivity contribution < 1.29 is 0 Å².